The average molecular weight is 122 g/mol. The van der Waals surface area contributed by atoms with Crippen molar-refractivity contribution in [2.75, 3.05) is 0 Å². The van der Waals surface area contributed by atoms with Crippen LogP contribution in [0.5, 0.6) is 0 Å². The van der Waals surface area contributed by atoms with Crippen LogP contribution >= 0.6 is 19.2 Å². The van der Waals surface area contributed by atoms with E-state index in [1.54, 1.807) is 5.82 Å². The summed E-state index contributed by atoms with van der Waals surface area (Å²) >= 11 is 5.16. The first-order valence-electron chi connectivity index (χ1n) is 1.38. The van der Waals surface area contributed by atoms with Gasteiger partial charge in [-0.05, 0) is 19.8 Å². The number of carbonyl (C=O) groups is 1. The van der Waals surface area contributed by atoms with Gasteiger partial charge in [0.25, 0.3) is 0 Å². The Morgan fingerprint density at radius 1 is 1.67 bits per heavy atom. The van der Waals surface area contributed by atoms with Crippen molar-refractivity contribution in [3.8, 4) is 0 Å². The fraction of sp³-hybridized carbons (Fsp3) is 0. The zero-order valence-electron chi connectivity index (χ0n) is 3.02. The Labute approximate surface area is 43.0 Å². The molecule has 1 nitrogen and oxygen atoms in total. The molecule has 0 aliphatic carbocycles. The molecular weight excluding hydrogens is 118 g/mol. The van der Waals surface area contributed by atoms with Crippen LogP contribution in [0.1, 0.15) is 0 Å². The van der Waals surface area contributed by atoms with E-state index in [0.717, 1.165) is 0 Å². The van der Waals surface area contributed by atoms with E-state index in [1.165, 1.54) is 6.08 Å². The summed E-state index contributed by atoms with van der Waals surface area (Å²) < 4.78 is 0. The van der Waals surface area contributed by atoms with Crippen molar-refractivity contribution in [3.05, 3.63) is 11.9 Å². The number of aldehydes is 1. The highest BCUT2D eigenvalue weighted by atomic mass is 35.7. The van der Waals surface area contributed by atoms with Crippen molar-refractivity contribution < 1.29 is 4.79 Å². The molecule has 0 aliphatic heterocycles. The molecule has 0 N–H and O–H groups in total. The lowest BCUT2D eigenvalue weighted by Gasteiger charge is -1.63. The molecule has 0 saturated carbocycles. The average Bonchev–Trinajstić information content (AvgIpc) is 1.61. The fourth-order valence-corrected chi connectivity index (χ4v) is 0.445. The molecule has 0 aromatic rings. The third kappa shape index (κ3) is 4.13. The highest BCUT2D eigenvalue weighted by Crippen LogP contribution is 2.15. The second kappa shape index (κ2) is 5.13. The first-order chi connectivity index (χ1) is 2.91. The highest BCUT2D eigenvalue weighted by molar-refractivity contribution is 7.71. The maximum absolute atomic E-state index is 9.42. The minimum absolute atomic E-state index is 0.225. The molecule has 34 valence electrons. The molecule has 0 aromatic carbocycles. The van der Waals surface area contributed by atoms with E-state index in [9.17, 15) is 4.79 Å². The Morgan fingerprint density at radius 3 is 2.50 bits per heavy atom. The highest BCUT2D eigenvalue weighted by Gasteiger charge is 1.60. The van der Waals surface area contributed by atoms with Crippen LogP contribution in [0.3, 0.4) is 0 Å². The maximum atomic E-state index is 9.42. The van der Waals surface area contributed by atoms with Gasteiger partial charge < -0.3 is 0 Å². The summed E-state index contributed by atoms with van der Waals surface area (Å²) in [5, 5.41) is 0. The van der Waals surface area contributed by atoms with Crippen LogP contribution in [-0.4, -0.2) is 6.29 Å². The number of halogens is 1. The van der Waals surface area contributed by atoms with Crippen LogP contribution in [0.4, 0.5) is 0 Å². The zero-order valence-corrected chi connectivity index (χ0v) is 4.77. The van der Waals surface area contributed by atoms with Crippen LogP contribution in [0.25, 0.3) is 0 Å². The van der Waals surface area contributed by atoms with Crippen molar-refractivity contribution in [3.63, 3.8) is 0 Å². The number of hydrogen-bond donors (Lipinski definition) is 0. The van der Waals surface area contributed by atoms with Gasteiger partial charge in [-0.1, -0.05) is 11.2 Å². The van der Waals surface area contributed by atoms with Crippen molar-refractivity contribution in [1.82, 2.24) is 0 Å². The third-order valence-corrected chi connectivity index (χ3v) is 0.934. The van der Waals surface area contributed by atoms with Crippen molar-refractivity contribution >= 4 is 25.5 Å². The SMILES string of the molecule is O=C/C=C/PCl. The normalized spacial score (nSPS) is 11.5. The minimum atomic E-state index is 0.225. The molecule has 0 fully saturated rings. The van der Waals surface area contributed by atoms with Crippen molar-refractivity contribution in [1.29, 1.82) is 0 Å². The molecule has 0 aliphatic rings. The quantitative estimate of drug-likeness (QED) is 0.308. The molecule has 6 heavy (non-hydrogen) atoms. The summed E-state index contributed by atoms with van der Waals surface area (Å²) in [5.41, 5.74) is 0. The smallest absolute Gasteiger partial charge is 0.142 e. The summed E-state index contributed by atoms with van der Waals surface area (Å²) in [6, 6.07) is 0. The van der Waals surface area contributed by atoms with Gasteiger partial charge in [-0.15, -0.1) is 0 Å². The summed E-state index contributed by atoms with van der Waals surface area (Å²) in [7, 11) is 0.225. The van der Waals surface area contributed by atoms with Gasteiger partial charge in [-0.3, -0.25) is 4.79 Å². The summed E-state index contributed by atoms with van der Waals surface area (Å²) in [5.74, 6) is 1.61. The molecule has 0 amide bonds. The molecule has 0 heterocycles. The predicted octanol–water partition coefficient (Wildman–Crippen LogP) is 1.53. The summed E-state index contributed by atoms with van der Waals surface area (Å²) in [6.07, 6.45) is 2.08. The summed E-state index contributed by atoms with van der Waals surface area (Å²) in [6.45, 7) is 0. The first kappa shape index (κ1) is 6.13. The van der Waals surface area contributed by atoms with E-state index in [0.29, 0.717) is 6.29 Å². The lowest BCUT2D eigenvalue weighted by Crippen LogP contribution is -1.49. The van der Waals surface area contributed by atoms with Gasteiger partial charge in [-0.25, -0.2) is 0 Å². The fourth-order valence-electron chi connectivity index (χ4n) is 0.0757. The van der Waals surface area contributed by atoms with Crippen LogP contribution < -0.4 is 0 Å². The zero-order chi connectivity index (χ0) is 4.83. The van der Waals surface area contributed by atoms with Gasteiger partial charge in [-0.2, -0.15) is 0 Å². The molecule has 0 bridgehead atoms. The lowest BCUT2D eigenvalue weighted by atomic mass is 10.7. The summed E-state index contributed by atoms with van der Waals surface area (Å²) in [4.78, 5) is 9.42. The van der Waals surface area contributed by atoms with Gasteiger partial charge in [0.2, 0.25) is 0 Å². The van der Waals surface area contributed by atoms with Gasteiger partial charge in [0.05, 0.1) is 0 Å². The van der Waals surface area contributed by atoms with E-state index in [-0.39, 0.29) is 7.93 Å². The second-order valence-corrected chi connectivity index (χ2v) is 1.81. The first-order valence-corrected chi connectivity index (χ1v) is 3.47. The molecular formula is C3H4ClOP. The number of carbonyl (C=O) groups excluding carboxylic acids is 1. The third-order valence-electron chi connectivity index (χ3n) is 0.238. The van der Waals surface area contributed by atoms with Gasteiger partial charge in [0.1, 0.15) is 6.29 Å². The second-order valence-electron chi connectivity index (χ2n) is 0.604. The molecule has 1 unspecified atom stereocenters. The van der Waals surface area contributed by atoms with Gasteiger partial charge >= 0.3 is 0 Å². The van der Waals surface area contributed by atoms with E-state index >= 15 is 0 Å². The molecule has 0 saturated heterocycles. The van der Waals surface area contributed by atoms with Crippen LogP contribution in [0.15, 0.2) is 11.9 Å². The van der Waals surface area contributed by atoms with Crippen molar-refractivity contribution in [2.45, 2.75) is 0 Å². The molecule has 0 spiro atoms. The monoisotopic (exact) mass is 122 g/mol. The Kier molecular flexibility index (Phi) is 5.24. The van der Waals surface area contributed by atoms with Crippen LogP contribution in [0, 0.1) is 0 Å². The number of allylic oxidation sites excluding steroid dienone is 1. The van der Waals surface area contributed by atoms with Crippen molar-refractivity contribution in [2.24, 2.45) is 0 Å². The standard InChI is InChI=1S/C3H4ClOP/c4-6-3-1-2-5/h1-3,6H/b3-1+. The Morgan fingerprint density at radius 2 is 2.33 bits per heavy atom. The molecule has 0 aromatic heterocycles. The van der Waals surface area contributed by atoms with Crippen LogP contribution in [0.2, 0.25) is 0 Å². The molecule has 0 radical (unpaired) electrons. The lowest BCUT2D eigenvalue weighted by molar-refractivity contribution is -0.104. The molecule has 3 heteroatoms. The van der Waals surface area contributed by atoms with Gasteiger partial charge in [0.15, 0.2) is 0 Å². The maximum Gasteiger partial charge on any atom is 0.142 e. The number of hydrogen-bond acceptors (Lipinski definition) is 1. The Balaban J connectivity index is 2.94. The Bertz CT molecular complexity index is 61.8. The van der Waals surface area contributed by atoms with Crippen LogP contribution in [-0.2, 0) is 4.79 Å². The number of rotatable bonds is 2. The predicted molar refractivity (Wildman–Crippen MR) is 29.4 cm³/mol. The molecule has 0 rings (SSSR count). The van der Waals surface area contributed by atoms with Gasteiger partial charge in [0, 0.05) is 0 Å². The van der Waals surface area contributed by atoms with E-state index in [2.05, 4.69) is 0 Å². The van der Waals surface area contributed by atoms with E-state index in [1.807, 2.05) is 0 Å². The Hall–Kier alpha value is 0.130. The molecule has 1 atom stereocenters. The van der Waals surface area contributed by atoms with E-state index < -0.39 is 0 Å². The topological polar surface area (TPSA) is 17.1 Å². The van der Waals surface area contributed by atoms with E-state index in [4.69, 9.17) is 11.2 Å². The largest absolute Gasteiger partial charge is 0.299 e. The minimum Gasteiger partial charge on any atom is -0.299 e.